The van der Waals surface area contributed by atoms with Gasteiger partial charge >= 0.3 is 5.97 Å². The lowest BCUT2D eigenvalue weighted by molar-refractivity contribution is -0.145. The monoisotopic (exact) mass is 313 g/mol. The van der Waals surface area contributed by atoms with Crippen LogP contribution in [-0.2, 0) is 19.6 Å². The summed E-state index contributed by atoms with van der Waals surface area (Å²) in [5, 5.41) is 0. The van der Waals surface area contributed by atoms with E-state index < -0.39 is 16.0 Å². The summed E-state index contributed by atoms with van der Waals surface area (Å²) in [4.78, 5) is 11.9. The molecular weight excluding hydrogens is 290 g/mol. The van der Waals surface area contributed by atoms with Crippen molar-refractivity contribution < 1.29 is 17.9 Å². The summed E-state index contributed by atoms with van der Waals surface area (Å²) in [6.45, 7) is 8.41. The molecule has 0 saturated heterocycles. The normalized spacial score (nSPS) is 11.5. The number of ether oxygens (including phenoxy) is 1. The first-order chi connectivity index (χ1) is 9.67. The lowest BCUT2D eigenvalue weighted by Crippen LogP contribution is -2.38. The molecule has 0 aromatic heterocycles. The molecule has 0 saturated carbocycles. The van der Waals surface area contributed by atoms with Crippen LogP contribution in [0.1, 0.15) is 31.9 Å². The molecule has 0 fully saturated rings. The summed E-state index contributed by atoms with van der Waals surface area (Å²) in [7, 11) is -3.55. The highest BCUT2D eigenvalue weighted by Crippen LogP contribution is 2.24. The second kappa shape index (κ2) is 6.93. The van der Waals surface area contributed by atoms with Gasteiger partial charge in [0.15, 0.2) is 0 Å². The fraction of sp³-hybridized carbons (Fsp3) is 0.533. The van der Waals surface area contributed by atoms with Gasteiger partial charge in [0.1, 0.15) is 6.54 Å². The first kappa shape index (κ1) is 17.5. The topological polar surface area (TPSA) is 63.7 Å². The lowest BCUT2D eigenvalue weighted by atomic mass is 10.1. The molecule has 1 aromatic rings. The number of hydrogen-bond donors (Lipinski definition) is 0. The first-order valence-electron chi connectivity index (χ1n) is 6.94. The van der Waals surface area contributed by atoms with Crippen LogP contribution in [-0.4, -0.2) is 32.8 Å². The Morgan fingerprint density at radius 1 is 1.29 bits per heavy atom. The molecule has 21 heavy (non-hydrogen) atoms. The number of benzene rings is 1. The number of carbonyl (C=O) groups is 1. The minimum Gasteiger partial charge on any atom is -0.462 e. The maximum absolute atomic E-state index is 12.3. The van der Waals surface area contributed by atoms with E-state index in [1.807, 2.05) is 26.0 Å². The summed E-state index contributed by atoms with van der Waals surface area (Å²) in [5.41, 5.74) is 2.26. The Morgan fingerprint density at radius 2 is 1.90 bits per heavy atom. The van der Waals surface area contributed by atoms with E-state index in [1.54, 1.807) is 26.8 Å². The van der Waals surface area contributed by atoms with Crippen molar-refractivity contribution in [1.82, 2.24) is 0 Å². The van der Waals surface area contributed by atoms with E-state index in [4.69, 9.17) is 4.74 Å². The Balaban J connectivity index is 3.21. The molecule has 1 rings (SSSR count). The smallest absolute Gasteiger partial charge is 0.327 e. The molecule has 0 aliphatic carbocycles. The molecule has 0 N–H and O–H groups in total. The molecule has 0 amide bonds. The highest BCUT2D eigenvalue weighted by molar-refractivity contribution is 7.92. The summed E-state index contributed by atoms with van der Waals surface area (Å²) in [6, 6.07) is 5.52. The molecule has 5 nitrogen and oxygen atoms in total. The second-order valence-electron chi connectivity index (χ2n) is 5.24. The number of hydrogen-bond acceptors (Lipinski definition) is 4. The number of carbonyl (C=O) groups excluding carboxylic acids is 1. The SMILES string of the molecule is CCS(=O)(=O)N(CC(=O)OC(C)C)c1cc(C)ccc1C. The second-order valence-corrected chi connectivity index (χ2v) is 7.42. The third-order valence-electron chi connectivity index (χ3n) is 2.97. The van der Waals surface area contributed by atoms with Crippen molar-refractivity contribution in [3.63, 3.8) is 0 Å². The van der Waals surface area contributed by atoms with E-state index in [0.29, 0.717) is 5.69 Å². The molecule has 0 bridgehead atoms. The lowest BCUT2D eigenvalue weighted by Gasteiger charge is -2.25. The van der Waals surface area contributed by atoms with Crippen LogP contribution in [0.3, 0.4) is 0 Å². The number of aryl methyl sites for hydroxylation is 2. The van der Waals surface area contributed by atoms with Crippen LogP contribution in [0.2, 0.25) is 0 Å². The van der Waals surface area contributed by atoms with Crippen LogP contribution < -0.4 is 4.31 Å². The predicted molar refractivity (Wildman–Crippen MR) is 84.0 cm³/mol. The third-order valence-corrected chi connectivity index (χ3v) is 4.70. The Bertz CT molecular complexity index is 608. The van der Waals surface area contributed by atoms with Gasteiger partial charge in [0.05, 0.1) is 17.5 Å². The quantitative estimate of drug-likeness (QED) is 0.757. The molecule has 0 radical (unpaired) electrons. The number of sulfonamides is 1. The molecular formula is C15H23NO4S. The van der Waals surface area contributed by atoms with Crippen LogP contribution in [0.4, 0.5) is 5.69 Å². The van der Waals surface area contributed by atoms with Gasteiger partial charge in [-0.15, -0.1) is 0 Å². The molecule has 0 atom stereocenters. The van der Waals surface area contributed by atoms with Gasteiger partial charge in [-0.1, -0.05) is 12.1 Å². The minimum atomic E-state index is -3.55. The number of anilines is 1. The Labute approximate surface area is 127 Å². The largest absolute Gasteiger partial charge is 0.462 e. The maximum atomic E-state index is 12.3. The molecule has 118 valence electrons. The molecule has 1 aromatic carbocycles. The van der Waals surface area contributed by atoms with Crippen molar-refractivity contribution in [2.45, 2.75) is 40.7 Å². The van der Waals surface area contributed by atoms with Crippen LogP contribution in [0.5, 0.6) is 0 Å². The van der Waals surface area contributed by atoms with Gasteiger partial charge in [-0.25, -0.2) is 8.42 Å². The average Bonchev–Trinajstić information content (AvgIpc) is 2.38. The average molecular weight is 313 g/mol. The Kier molecular flexibility index (Phi) is 5.78. The molecule has 0 heterocycles. The van der Waals surface area contributed by atoms with Crippen molar-refractivity contribution >= 4 is 21.7 Å². The van der Waals surface area contributed by atoms with E-state index in [1.165, 1.54) is 0 Å². The standard InChI is InChI=1S/C15H23NO4S/c1-6-21(18,19)16(10-15(17)20-11(2)3)14-9-12(4)7-8-13(14)5/h7-9,11H,6,10H2,1-5H3. The predicted octanol–water partition coefficient (Wildman–Crippen LogP) is 2.41. The Morgan fingerprint density at radius 3 is 2.43 bits per heavy atom. The Hall–Kier alpha value is -1.56. The van der Waals surface area contributed by atoms with Crippen LogP contribution in [0.15, 0.2) is 18.2 Å². The summed E-state index contributed by atoms with van der Waals surface area (Å²) in [6.07, 6.45) is -0.276. The van der Waals surface area contributed by atoms with Crippen LogP contribution in [0, 0.1) is 13.8 Å². The van der Waals surface area contributed by atoms with Gasteiger partial charge in [-0.2, -0.15) is 0 Å². The molecule has 0 unspecified atom stereocenters. The van der Waals surface area contributed by atoms with E-state index in [2.05, 4.69) is 0 Å². The van der Waals surface area contributed by atoms with Gasteiger partial charge in [-0.05, 0) is 51.8 Å². The number of rotatable bonds is 6. The van der Waals surface area contributed by atoms with E-state index in [-0.39, 0.29) is 18.4 Å². The van der Waals surface area contributed by atoms with Crippen molar-refractivity contribution in [3.05, 3.63) is 29.3 Å². The summed E-state index contributed by atoms with van der Waals surface area (Å²) >= 11 is 0. The van der Waals surface area contributed by atoms with Gasteiger partial charge in [-0.3, -0.25) is 9.10 Å². The maximum Gasteiger partial charge on any atom is 0.327 e. The van der Waals surface area contributed by atoms with E-state index in [0.717, 1.165) is 15.4 Å². The summed E-state index contributed by atoms with van der Waals surface area (Å²) in [5.74, 6) is -0.627. The third kappa shape index (κ3) is 4.74. The number of esters is 1. The molecule has 0 spiro atoms. The zero-order valence-corrected chi connectivity index (χ0v) is 14.0. The summed E-state index contributed by atoms with van der Waals surface area (Å²) < 4.78 is 30.8. The molecule has 0 aliphatic heterocycles. The zero-order chi connectivity index (χ0) is 16.2. The van der Waals surface area contributed by atoms with Gasteiger partial charge < -0.3 is 4.74 Å². The van der Waals surface area contributed by atoms with Crippen LogP contribution >= 0.6 is 0 Å². The first-order valence-corrected chi connectivity index (χ1v) is 8.55. The van der Waals surface area contributed by atoms with Crippen molar-refractivity contribution in [2.24, 2.45) is 0 Å². The van der Waals surface area contributed by atoms with Gasteiger partial charge in [0.2, 0.25) is 10.0 Å². The highest BCUT2D eigenvalue weighted by Gasteiger charge is 2.25. The zero-order valence-electron chi connectivity index (χ0n) is 13.2. The van der Waals surface area contributed by atoms with Crippen LogP contribution in [0.25, 0.3) is 0 Å². The fourth-order valence-electron chi connectivity index (χ4n) is 1.89. The highest BCUT2D eigenvalue weighted by atomic mass is 32.2. The fourth-order valence-corrected chi connectivity index (χ4v) is 3.00. The van der Waals surface area contributed by atoms with Crippen molar-refractivity contribution in [3.8, 4) is 0 Å². The van der Waals surface area contributed by atoms with Gasteiger partial charge in [0.25, 0.3) is 0 Å². The molecule has 0 aliphatic rings. The van der Waals surface area contributed by atoms with E-state index in [9.17, 15) is 13.2 Å². The number of nitrogens with zero attached hydrogens (tertiary/aromatic N) is 1. The van der Waals surface area contributed by atoms with E-state index >= 15 is 0 Å². The van der Waals surface area contributed by atoms with Crippen molar-refractivity contribution in [2.75, 3.05) is 16.6 Å². The molecule has 6 heteroatoms. The van der Waals surface area contributed by atoms with Crippen molar-refractivity contribution in [1.29, 1.82) is 0 Å². The minimum absolute atomic E-state index is 0.0741. The van der Waals surface area contributed by atoms with Gasteiger partial charge in [0, 0.05) is 0 Å².